The Morgan fingerprint density at radius 1 is 1.33 bits per heavy atom. The molecule has 1 N–H and O–H groups in total. The molecule has 2 rings (SSSR count). The lowest BCUT2D eigenvalue weighted by molar-refractivity contribution is -0.122. The number of halogens is 1. The van der Waals surface area contributed by atoms with Crippen molar-refractivity contribution in [3.8, 4) is 17.0 Å². The van der Waals surface area contributed by atoms with Gasteiger partial charge in [0, 0.05) is 23.2 Å². The molecule has 0 aliphatic rings. The molecule has 0 fully saturated rings. The Labute approximate surface area is 145 Å². The van der Waals surface area contributed by atoms with Crippen LogP contribution in [0.1, 0.15) is 13.8 Å². The van der Waals surface area contributed by atoms with Gasteiger partial charge in [0.05, 0.1) is 7.11 Å². The minimum atomic E-state index is -0.399. The third kappa shape index (κ3) is 4.58. The van der Waals surface area contributed by atoms with E-state index in [2.05, 4.69) is 10.4 Å². The fourth-order valence-electron chi connectivity index (χ4n) is 2.06. The molecule has 0 bridgehead atoms. The van der Waals surface area contributed by atoms with Gasteiger partial charge in [0.25, 0.3) is 5.56 Å². The van der Waals surface area contributed by atoms with Crippen LogP contribution in [0.4, 0.5) is 0 Å². The van der Waals surface area contributed by atoms with Crippen LogP contribution < -0.4 is 15.6 Å². The number of carbonyl (C=O) groups is 1. The first kappa shape index (κ1) is 18.0. The van der Waals surface area contributed by atoms with E-state index < -0.39 is 5.56 Å². The summed E-state index contributed by atoms with van der Waals surface area (Å²) in [4.78, 5) is 24.1. The molecule has 7 heteroatoms. The first-order chi connectivity index (χ1) is 11.4. The highest BCUT2D eigenvalue weighted by Crippen LogP contribution is 2.26. The molecule has 0 saturated carbocycles. The van der Waals surface area contributed by atoms with Crippen LogP contribution in [-0.4, -0.2) is 29.3 Å². The van der Waals surface area contributed by atoms with Gasteiger partial charge in [-0.05, 0) is 18.1 Å². The first-order valence-corrected chi connectivity index (χ1v) is 7.97. The average molecular weight is 350 g/mol. The average Bonchev–Trinajstić information content (AvgIpc) is 2.55. The molecular formula is C17H20ClN3O3. The van der Waals surface area contributed by atoms with Gasteiger partial charge in [-0.2, -0.15) is 5.10 Å². The fourth-order valence-corrected chi connectivity index (χ4v) is 2.19. The second-order valence-electron chi connectivity index (χ2n) is 5.76. The molecule has 2 aromatic rings. The topological polar surface area (TPSA) is 73.2 Å². The van der Waals surface area contributed by atoms with E-state index in [-0.39, 0.29) is 12.5 Å². The number of nitrogens with zero attached hydrogens (tertiary/aromatic N) is 2. The van der Waals surface area contributed by atoms with Gasteiger partial charge in [-0.25, -0.2) is 4.68 Å². The molecule has 128 valence electrons. The van der Waals surface area contributed by atoms with E-state index in [4.69, 9.17) is 16.3 Å². The Morgan fingerprint density at radius 2 is 2.00 bits per heavy atom. The number of methoxy groups -OCH3 is 1. The molecule has 0 unspecified atom stereocenters. The highest BCUT2D eigenvalue weighted by molar-refractivity contribution is 6.30. The summed E-state index contributed by atoms with van der Waals surface area (Å²) >= 11 is 5.90. The van der Waals surface area contributed by atoms with Crippen LogP contribution in [0.3, 0.4) is 0 Å². The summed E-state index contributed by atoms with van der Waals surface area (Å²) in [6.07, 6.45) is 0. The summed E-state index contributed by atoms with van der Waals surface area (Å²) in [5.74, 6) is 0.422. The number of amides is 1. The van der Waals surface area contributed by atoms with Crippen LogP contribution in [0.2, 0.25) is 5.02 Å². The number of hydrogen-bond acceptors (Lipinski definition) is 4. The zero-order valence-electron chi connectivity index (χ0n) is 13.9. The smallest absolute Gasteiger partial charge is 0.270 e. The second-order valence-corrected chi connectivity index (χ2v) is 6.20. The van der Waals surface area contributed by atoms with E-state index in [9.17, 15) is 9.59 Å². The quantitative estimate of drug-likeness (QED) is 0.868. The monoisotopic (exact) mass is 349 g/mol. The molecule has 0 saturated heterocycles. The van der Waals surface area contributed by atoms with Gasteiger partial charge in [0.2, 0.25) is 5.91 Å². The lowest BCUT2D eigenvalue weighted by Gasteiger charge is -2.12. The van der Waals surface area contributed by atoms with Gasteiger partial charge in [0.15, 0.2) is 5.75 Å². The normalized spacial score (nSPS) is 10.7. The standard InChI is InChI=1S/C17H20ClN3O3/c1-11(2)9-19-15(22)10-21-16(23)8-14(24-3)17(20-21)12-4-6-13(18)7-5-12/h4-8,11H,9-10H2,1-3H3,(H,19,22). The van der Waals surface area contributed by atoms with E-state index in [0.717, 1.165) is 10.2 Å². The van der Waals surface area contributed by atoms with Gasteiger partial charge >= 0.3 is 0 Å². The molecule has 0 spiro atoms. The van der Waals surface area contributed by atoms with Crippen molar-refractivity contribution in [1.29, 1.82) is 0 Å². The van der Waals surface area contributed by atoms with Crippen molar-refractivity contribution in [2.45, 2.75) is 20.4 Å². The summed E-state index contributed by atoms with van der Waals surface area (Å²) in [7, 11) is 1.47. The summed E-state index contributed by atoms with van der Waals surface area (Å²) in [6.45, 7) is 4.40. The Hall–Kier alpha value is -2.34. The van der Waals surface area contributed by atoms with Gasteiger partial charge in [-0.15, -0.1) is 0 Å². The second kappa shape index (κ2) is 7.97. The number of benzene rings is 1. The van der Waals surface area contributed by atoms with Gasteiger partial charge in [-0.1, -0.05) is 37.6 Å². The minimum Gasteiger partial charge on any atom is -0.494 e. The van der Waals surface area contributed by atoms with Crippen molar-refractivity contribution >= 4 is 17.5 Å². The van der Waals surface area contributed by atoms with Crippen LogP contribution in [0.15, 0.2) is 35.1 Å². The molecule has 1 aromatic carbocycles. The Balaban J connectivity index is 2.33. The predicted molar refractivity (Wildman–Crippen MR) is 93.3 cm³/mol. The lowest BCUT2D eigenvalue weighted by Crippen LogP contribution is -2.35. The van der Waals surface area contributed by atoms with Crippen LogP contribution >= 0.6 is 11.6 Å². The number of rotatable bonds is 6. The molecule has 0 atom stereocenters. The van der Waals surface area contributed by atoms with E-state index in [1.165, 1.54) is 13.2 Å². The highest BCUT2D eigenvalue weighted by Gasteiger charge is 2.14. The maximum absolute atomic E-state index is 12.1. The molecule has 6 nitrogen and oxygen atoms in total. The van der Waals surface area contributed by atoms with Crippen molar-refractivity contribution in [3.63, 3.8) is 0 Å². The third-order valence-corrected chi connectivity index (χ3v) is 3.55. The number of aromatic nitrogens is 2. The van der Waals surface area contributed by atoms with Crippen molar-refractivity contribution in [2.24, 2.45) is 5.92 Å². The van der Waals surface area contributed by atoms with Crippen molar-refractivity contribution in [2.75, 3.05) is 13.7 Å². The molecule has 1 amide bonds. The number of nitrogens with one attached hydrogen (secondary N) is 1. The van der Waals surface area contributed by atoms with Gasteiger partial charge < -0.3 is 10.1 Å². The zero-order chi connectivity index (χ0) is 17.7. The van der Waals surface area contributed by atoms with Crippen LogP contribution in [0.5, 0.6) is 5.75 Å². The number of hydrogen-bond donors (Lipinski definition) is 1. The first-order valence-electron chi connectivity index (χ1n) is 7.59. The van der Waals surface area contributed by atoms with Crippen LogP contribution in [0.25, 0.3) is 11.3 Å². The maximum Gasteiger partial charge on any atom is 0.270 e. The van der Waals surface area contributed by atoms with Crippen molar-refractivity contribution < 1.29 is 9.53 Å². The Kier molecular flexibility index (Phi) is 5.98. The zero-order valence-corrected chi connectivity index (χ0v) is 14.6. The van der Waals surface area contributed by atoms with E-state index in [1.807, 2.05) is 13.8 Å². The van der Waals surface area contributed by atoms with E-state index in [1.54, 1.807) is 24.3 Å². The maximum atomic E-state index is 12.1. The fraction of sp³-hybridized carbons (Fsp3) is 0.353. The van der Waals surface area contributed by atoms with Gasteiger partial charge in [0.1, 0.15) is 12.2 Å². The lowest BCUT2D eigenvalue weighted by atomic mass is 10.1. The number of carbonyl (C=O) groups excluding carboxylic acids is 1. The summed E-state index contributed by atoms with van der Waals surface area (Å²) in [5.41, 5.74) is 0.822. The van der Waals surface area contributed by atoms with E-state index >= 15 is 0 Å². The molecule has 1 aromatic heterocycles. The van der Waals surface area contributed by atoms with Crippen molar-refractivity contribution in [3.05, 3.63) is 45.7 Å². The van der Waals surface area contributed by atoms with Crippen LogP contribution in [0, 0.1) is 5.92 Å². The summed E-state index contributed by atoms with van der Waals surface area (Å²) in [6, 6.07) is 8.33. The summed E-state index contributed by atoms with van der Waals surface area (Å²) in [5, 5.41) is 7.65. The van der Waals surface area contributed by atoms with Crippen molar-refractivity contribution in [1.82, 2.24) is 15.1 Å². The van der Waals surface area contributed by atoms with E-state index in [0.29, 0.717) is 28.9 Å². The molecular weight excluding hydrogens is 330 g/mol. The predicted octanol–water partition coefficient (Wildman–Crippen LogP) is 2.34. The largest absolute Gasteiger partial charge is 0.494 e. The highest BCUT2D eigenvalue weighted by atomic mass is 35.5. The Bertz CT molecular complexity index is 770. The third-order valence-electron chi connectivity index (χ3n) is 3.30. The molecule has 0 radical (unpaired) electrons. The molecule has 0 aliphatic carbocycles. The van der Waals surface area contributed by atoms with Gasteiger partial charge in [-0.3, -0.25) is 9.59 Å². The minimum absolute atomic E-state index is 0.143. The Morgan fingerprint density at radius 3 is 2.58 bits per heavy atom. The molecule has 1 heterocycles. The SMILES string of the molecule is COc1cc(=O)n(CC(=O)NCC(C)C)nc1-c1ccc(Cl)cc1. The van der Waals surface area contributed by atoms with Crippen LogP contribution in [-0.2, 0) is 11.3 Å². The number of ether oxygens (including phenoxy) is 1. The summed E-state index contributed by atoms with van der Waals surface area (Å²) < 4.78 is 6.37. The molecule has 24 heavy (non-hydrogen) atoms. The molecule has 0 aliphatic heterocycles.